The highest BCUT2D eigenvalue weighted by molar-refractivity contribution is 9.11. The van der Waals surface area contributed by atoms with Crippen LogP contribution in [0.2, 0.25) is 0 Å². The first kappa shape index (κ1) is 17.0. The summed E-state index contributed by atoms with van der Waals surface area (Å²) in [6.07, 6.45) is 2.20. The molecule has 3 unspecified atom stereocenters. The number of carbonyl (C=O) groups excluding carboxylic acids is 1. The summed E-state index contributed by atoms with van der Waals surface area (Å²) in [5, 5.41) is 6.57. The van der Waals surface area contributed by atoms with Gasteiger partial charge < -0.3 is 10.6 Å². The summed E-state index contributed by atoms with van der Waals surface area (Å²) in [6.45, 7) is 5.16. The van der Waals surface area contributed by atoms with Gasteiger partial charge in [0.2, 0.25) is 5.91 Å². The third-order valence-corrected chi connectivity index (χ3v) is 5.31. The summed E-state index contributed by atoms with van der Waals surface area (Å²) in [7, 11) is 0. The Bertz CT molecular complexity index is 427. The average Bonchev–Trinajstić information content (AvgIpc) is 2.78. The van der Waals surface area contributed by atoms with Gasteiger partial charge in [-0.15, -0.1) is 23.7 Å². The molecular weight excluding hydrogens is 348 g/mol. The van der Waals surface area contributed by atoms with Crippen molar-refractivity contribution in [2.75, 3.05) is 6.54 Å². The highest BCUT2D eigenvalue weighted by atomic mass is 79.9. The molecule has 1 saturated heterocycles. The summed E-state index contributed by atoms with van der Waals surface area (Å²) >= 11 is 5.06. The van der Waals surface area contributed by atoms with Crippen molar-refractivity contribution in [2.45, 2.75) is 44.7 Å². The maximum Gasteiger partial charge on any atom is 0.228 e. The Morgan fingerprint density at radius 3 is 2.89 bits per heavy atom. The van der Waals surface area contributed by atoms with Gasteiger partial charge in [0, 0.05) is 17.0 Å². The molecule has 19 heavy (non-hydrogen) atoms. The second-order valence-electron chi connectivity index (χ2n) is 4.86. The van der Waals surface area contributed by atoms with Crippen molar-refractivity contribution < 1.29 is 4.79 Å². The normalized spacial score (nSPS) is 24.4. The fourth-order valence-corrected chi connectivity index (χ4v) is 3.71. The Hall–Kier alpha value is -0.100. The smallest absolute Gasteiger partial charge is 0.228 e. The Balaban J connectivity index is 0.00000180. The van der Waals surface area contributed by atoms with Crippen molar-refractivity contribution >= 4 is 45.6 Å². The Kier molecular flexibility index (Phi) is 6.80. The van der Waals surface area contributed by atoms with Crippen LogP contribution in [0.1, 0.15) is 37.5 Å². The first-order chi connectivity index (χ1) is 8.58. The fourth-order valence-electron chi connectivity index (χ4n) is 2.24. The zero-order valence-electron chi connectivity index (χ0n) is 11.1. The minimum atomic E-state index is -0.0737. The van der Waals surface area contributed by atoms with E-state index in [9.17, 15) is 4.79 Å². The first-order valence-corrected chi connectivity index (χ1v) is 7.98. The van der Waals surface area contributed by atoms with Crippen LogP contribution < -0.4 is 10.6 Å². The SMILES string of the molecule is CC(C(=O)NC1CCCNC1C)c1ccc(Br)s1.Cl. The summed E-state index contributed by atoms with van der Waals surface area (Å²) in [5.74, 6) is 0.0559. The van der Waals surface area contributed by atoms with Gasteiger partial charge in [0.1, 0.15) is 0 Å². The van der Waals surface area contributed by atoms with Crippen molar-refractivity contribution in [3.63, 3.8) is 0 Å². The van der Waals surface area contributed by atoms with E-state index in [1.165, 1.54) is 0 Å². The minimum Gasteiger partial charge on any atom is -0.351 e. The third-order valence-electron chi connectivity index (χ3n) is 3.50. The molecule has 2 N–H and O–H groups in total. The van der Waals surface area contributed by atoms with Gasteiger partial charge in [0.05, 0.1) is 9.70 Å². The number of halogens is 2. The van der Waals surface area contributed by atoms with Crippen LogP contribution in [0.25, 0.3) is 0 Å². The topological polar surface area (TPSA) is 41.1 Å². The van der Waals surface area contributed by atoms with Crippen LogP contribution in [-0.2, 0) is 4.79 Å². The highest BCUT2D eigenvalue weighted by Gasteiger charge is 2.25. The average molecular weight is 368 g/mol. The molecule has 6 heteroatoms. The predicted octanol–water partition coefficient (Wildman–Crippen LogP) is 3.29. The molecule has 108 valence electrons. The summed E-state index contributed by atoms with van der Waals surface area (Å²) in [4.78, 5) is 13.3. The molecule has 1 amide bonds. The maximum atomic E-state index is 12.2. The highest BCUT2D eigenvalue weighted by Crippen LogP contribution is 2.28. The monoisotopic (exact) mass is 366 g/mol. The van der Waals surface area contributed by atoms with E-state index in [2.05, 4.69) is 33.5 Å². The largest absolute Gasteiger partial charge is 0.351 e. The van der Waals surface area contributed by atoms with E-state index in [1.54, 1.807) is 11.3 Å². The quantitative estimate of drug-likeness (QED) is 0.860. The molecular formula is C13H20BrClN2OS. The molecule has 1 aromatic rings. The number of nitrogens with one attached hydrogen (secondary N) is 2. The number of carbonyl (C=O) groups is 1. The number of piperidine rings is 1. The fraction of sp³-hybridized carbons (Fsp3) is 0.615. The van der Waals surface area contributed by atoms with Crippen LogP contribution in [0.4, 0.5) is 0 Å². The molecule has 3 atom stereocenters. The van der Waals surface area contributed by atoms with E-state index in [-0.39, 0.29) is 30.3 Å². The number of thiophene rings is 1. The third kappa shape index (κ3) is 4.45. The van der Waals surface area contributed by atoms with Gasteiger partial charge >= 0.3 is 0 Å². The van der Waals surface area contributed by atoms with Crippen LogP contribution >= 0.6 is 39.7 Å². The van der Waals surface area contributed by atoms with Gasteiger partial charge in [-0.2, -0.15) is 0 Å². The molecule has 1 fully saturated rings. The van der Waals surface area contributed by atoms with Gasteiger partial charge in [-0.1, -0.05) is 0 Å². The Morgan fingerprint density at radius 1 is 1.58 bits per heavy atom. The van der Waals surface area contributed by atoms with Crippen LogP contribution in [0.3, 0.4) is 0 Å². The summed E-state index contributed by atoms with van der Waals surface area (Å²) in [6, 6.07) is 4.64. The predicted molar refractivity (Wildman–Crippen MR) is 86.3 cm³/mol. The Morgan fingerprint density at radius 2 is 2.32 bits per heavy atom. The van der Waals surface area contributed by atoms with E-state index in [0.29, 0.717) is 6.04 Å². The lowest BCUT2D eigenvalue weighted by molar-refractivity contribution is -0.123. The van der Waals surface area contributed by atoms with Crippen molar-refractivity contribution in [3.8, 4) is 0 Å². The second-order valence-corrected chi connectivity index (χ2v) is 7.36. The molecule has 1 aliphatic rings. The van der Waals surface area contributed by atoms with Gasteiger partial charge in [-0.05, 0) is 61.3 Å². The van der Waals surface area contributed by atoms with Crippen LogP contribution in [-0.4, -0.2) is 24.5 Å². The zero-order chi connectivity index (χ0) is 13.1. The molecule has 0 aliphatic carbocycles. The molecule has 2 rings (SSSR count). The van der Waals surface area contributed by atoms with E-state index in [0.717, 1.165) is 28.0 Å². The number of rotatable bonds is 3. The molecule has 0 spiro atoms. The summed E-state index contributed by atoms with van der Waals surface area (Å²) in [5.41, 5.74) is 0. The molecule has 2 heterocycles. The molecule has 0 aromatic carbocycles. The molecule has 0 saturated carbocycles. The van der Waals surface area contributed by atoms with Gasteiger partial charge in [-0.25, -0.2) is 0 Å². The molecule has 1 aliphatic heterocycles. The van der Waals surface area contributed by atoms with Gasteiger partial charge in [0.15, 0.2) is 0 Å². The first-order valence-electron chi connectivity index (χ1n) is 6.37. The van der Waals surface area contributed by atoms with Gasteiger partial charge in [-0.3, -0.25) is 4.79 Å². The van der Waals surface area contributed by atoms with Crippen molar-refractivity contribution in [1.29, 1.82) is 0 Å². The van der Waals surface area contributed by atoms with Crippen LogP contribution in [0.5, 0.6) is 0 Å². The molecule has 3 nitrogen and oxygen atoms in total. The molecule has 0 radical (unpaired) electrons. The Labute approximate surface area is 133 Å². The van der Waals surface area contributed by atoms with E-state index in [4.69, 9.17) is 0 Å². The number of hydrogen-bond acceptors (Lipinski definition) is 3. The van der Waals surface area contributed by atoms with Crippen LogP contribution in [0, 0.1) is 0 Å². The van der Waals surface area contributed by atoms with E-state index >= 15 is 0 Å². The molecule has 0 bridgehead atoms. The zero-order valence-corrected chi connectivity index (χ0v) is 14.3. The minimum absolute atomic E-state index is 0. The standard InChI is InChI=1S/C13H19BrN2OS.ClH/c1-8(11-5-6-12(14)18-11)13(17)16-10-4-3-7-15-9(10)2;/h5-6,8-10,15H,3-4,7H2,1-2H3,(H,16,17);1H. The number of hydrogen-bond donors (Lipinski definition) is 2. The summed E-state index contributed by atoms with van der Waals surface area (Å²) < 4.78 is 1.07. The van der Waals surface area contributed by atoms with Crippen molar-refractivity contribution in [1.82, 2.24) is 10.6 Å². The lowest BCUT2D eigenvalue weighted by Gasteiger charge is -2.31. The lowest BCUT2D eigenvalue weighted by Crippen LogP contribution is -2.52. The number of amides is 1. The maximum absolute atomic E-state index is 12.2. The van der Waals surface area contributed by atoms with Crippen molar-refractivity contribution in [2.24, 2.45) is 0 Å². The van der Waals surface area contributed by atoms with Crippen LogP contribution in [0.15, 0.2) is 15.9 Å². The van der Waals surface area contributed by atoms with E-state index < -0.39 is 0 Å². The van der Waals surface area contributed by atoms with E-state index in [1.807, 2.05) is 19.1 Å². The van der Waals surface area contributed by atoms with Crippen molar-refractivity contribution in [3.05, 3.63) is 20.8 Å². The van der Waals surface area contributed by atoms with Gasteiger partial charge in [0.25, 0.3) is 0 Å². The molecule has 1 aromatic heterocycles. The second kappa shape index (κ2) is 7.62. The lowest BCUT2D eigenvalue weighted by atomic mass is 9.98.